The van der Waals surface area contributed by atoms with Crippen molar-refractivity contribution in [1.82, 2.24) is 5.32 Å². The van der Waals surface area contributed by atoms with Crippen molar-refractivity contribution in [3.05, 3.63) is 27.7 Å². The van der Waals surface area contributed by atoms with Crippen molar-refractivity contribution in [1.29, 1.82) is 0 Å². The van der Waals surface area contributed by atoms with Crippen LogP contribution in [0.15, 0.2) is 16.6 Å². The van der Waals surface area contributed by atoms with Gasteiger partial charge in [-0.25, -0.2) is 0 Å². The first-order valence-electron chi connectivity index (χ1n) is 7.35. The van der Waals surface area contributed by atoms with Crippen LogP contribution in [0.5, 0.6) is 5.75 Å². The van der Waals surface area contributed by atoms with Crippen molar-refractivity contribution >= 4 is 15.9 Å². The van der Waals surface area contributed by atoms with Crippen molar-refractivity contribution in [2.45, 2.75) is 53.0 Å². The number of hydrogen-bond donors (Lipinski definition) is 1. The summed E-state index contributed by atoms with van der Waals surface area (Å²) >= 11 is 3.62. The Kier molecular flexibility index (Phi) is 4.50. The standard InChI is InChI=1S/C17H26BrNO/c1-16(2,3)19-11-17(4,5)10-13-9-14(18)8-12-6-7-20-15(12)13/h8-9,19H,6-7,10-11H2,1-5H3. The lowest BCUT2D eigenvalue weighted by atomic mass is 9.84. The summed E-state index contributed by atoms with van der Waals surface area (Å²) in [5, 5.41) is 3.61. The molecule has 0 fully saturated rings. The quantitative estimate of drug-likeness (QED) is 0.880. The van der Waals surface area contributed by atoms with Gasteiger partial charge in [-0.15, -0.1) is 0 Å². The molecule has 0 saturated carbocycles. The largest absolute Gasteiger partial charge is 0.493 e. The summed E-state index contributed by atoms with van der Waals surface area (Å²) in [4.78, 5) is 0. The Hall–Kier alpha value is -0.540. The number of nitrogens with one attached hydrogen (secondary N) is 1. The Morgan fingerprint density at radius 2 is 1.90 bits per heavy atom. The third kappa shape index (κ3) is 4.23. The van der Waals surface area contributed by atoms with Crippen LogP contribution in [0.3, 0.4) is 0 Å². The predicted octanol–water partition coefficient (Wildman–Crippen LogP) is 4.34. The third-order valence-electron chi connectivity index (χ3n) is 3.59. The summed E-state index contributed by atoms with van der Waals surface area (Å²) in [6.45, 7) is 13.1. The zero-order chi connectivity index (χ0) is 15.0. The first kappa shape index (κ1) is 15.8. The smallest absolute Gasteiger partial charge is 0.125 e. The zero-order valence-electron chi connectivity index (χ0n) is 13.3. The van der Waals surface area contributed by atoms with Crippen LogP contribution in [-0.2, 0) is 12.8 Å². The molecule has 0 saturated heterocycles. The van der Waals surface area contributed by atoms with Gasteiger partial charge in [0.15, 0.2) is 0 Å². The fourth-order valence-corrected chi connectivity index (χ4v) is 3.11. The van der Waals surface area contributed by atoms with E-state index >= 15 is 0 Å². The minimum atomic E-state index is 0.160. The molecular formula is C17H26BrNO. The molecule has 0 aromatic heterocycles. The first-order valence-corrected chi connectivity index (χ1v) is 8.15. The summed E-state index contributed by atoms with van der Waals surface area (Å²) in [7, 11) is 0. The van der Waals surface area contributed by atoms with E-state index in [1.54, 1.807) is 0 Å². The number of fused-ring (bicyclic) bond motifs is 1. The minimum Gasteiger partial charge on any atom is -0.493 e. The van der Waals surface area contributed by atoms with Crippen LogP contribution >= 0.6 is 15.9 Å². The maximum atomic E-state index is 5.83. The average Bonchev–Trinajstić information content (AvgIpc) is 2.73. The Labute approximate surface area is 131 Å². The topological polar surface area (TPSA) is 21.3 Å². The molecule has 1 aromatic rings. The van der Waals surface area contributed by atoms with E-state index in [9.17, 15) is 0 Å². The molecular weight excluding hydrogens is 314 g/mol. The molecule has 1 aromatic carbocycles. The Morgan fingerprint density at radius 1 is 1.20 bits per heavy atom. The van der Waals surface area contributed by atoms with E-state index in [2.05, 4.69) is 68.0 Å². The molecule has 2 rings (SSSR count). The molecule has 0 aliphatic carbocycles. The number of ether oxygens (including phenoxy) is 1. The number of rotatable bonds is 4. The molecule has 3 heteroatoms. The van der Waals surface area contributed by atoms with Crippen LogP contribution in [0.4, 0.5) is 0 Å². The van der Waals surface area contributed by atoms with Crippen LogP contribution in [0.25, 0.3) is 0 Å². The Bertz CT molecular complexity index is 488. The highest BCUT2D eigenvalue weighted by atomic mass is 79.9. The summed E-state index contributed by atoms with van der Waals surface area (Å²) < 4.78 is 7.00. The summed E-state index contributed by atoms with van der Waals surface area (Å²) in [5.41, 5.74) is 3.03. The van der Waals surface area contributed by atoms with Gasteiger partial charge in [-0.3, -0.25) is 0 Å². The second-order valence-electron chi connectivity index (χ2n) is 7.60. The predicted molar refractivity (Wildman–Crippen MR) is 88.6 cm³/mol. The third-order valence-corrected chi connectivity index (χ3v) is 4.05. The molecule has 20 heavy (non-hydrogen) atoms. The fraction of sp³-hybridized carbons (Fsp3) is 0.647. The van der Waals surface area contributed by atoms with E-state index in [-0.39, 0.29) is 11.0 Å². The second kappa shape index (κ2) is 5.69. The van der Waals surface area contributed by atoms with Gasteiger partial charge in [0.2, 0.25) is 0 Å². The highest BCUT2D eigenvalue weighted by Crippen LogP contribution is 2.36. The van der Waals surface area contributed by atoms with Crippen LogP contribution in [0.2, 0.25) is 0 Å². The van der Waals surface area contributed by atoms with E-state index in [0.29, 0.717) is 0 Å². The lowest BCUT2D eigenvalue weighted by Gasteiger charge is -2.31. The molecule has 0 spiro atoms. The van der Waals surface area contributed by atoms with Crippen LogP contribution in [0.1, 0.15) is 45.7 Å². The van der Waals surface area contributed by atoms with Gasteiger partial charge in [-0.1, -0.05) is 29.8 Å². The van der Waals surface area contributed by atoms with E-state index in [1.165, 1.54) is 11.1 Å². The van der Waals surface area contributed by atoms with Gasteiger partial charge in [0.25, 0.3) is 0 Å². The SMILES string of the molecule is CC(C)(CNC(C)(C)C)Cc1cc(Br)cc2c1OCC2. The van der Waals surface area contributed by atoms with Crippen LogP contribution < -0.4 is 10.1 Å². The van der Waals surface area contributed by atoms with E-state index < -0.39 is 0 Å². The van der Waals surface area contributed by atoms with Crippen LogP contribution in [0, 0.1) is 5.41 Å². The Morgan fingerprint density at radius 3 is 2.55 bits per heavy atom. The molecule has 0 amide bonds. The first-order chi connectivity index (χ1) is 9.16. The summed E-state index contributed by atoms with van der Waals surface area (Å²) in [5.74, 6) is 1.12. The van der Waals surface area contributed by atoms with Gasteiger partial charge in [0, 0.05) is 23.0 Å². The monoisotopic (exact) mass is 339 g/mol. The summed E-state index contributed by atoms with van der Waals surface area (Å²) in [6, 6.07) is 4.40. The van der Waals surface area contributed by atoms with Crippen molar-refractivity contribution < 1.29 is 4.74 Å². The van der Waals surface area contributed by atoms with Gasteiger partial charge < -0.3 is 10.1 Å². The average molecular weight is 340 g/mol. The minimum absolute atomic E-state index is 0.160. The molecule has 1 N–H and O–H groups in total. The number of halogens is 1. The van der Waals surface area contributed by atoms with Gasteiger partial charge >= 0.3 is 0 Å². The number of hydrogen-bond acceptors (Lipinski definition) is 2. The zero-order valence-corrected chi connectivity index (χ0v) is 14.9. The molecule has 1 heterocycles. The van der Waals surface area contributed by atoms with E-state index in [1.807, 2.05) is 0 Å². The molecule has 0 radical (unpaired) electrons. The van der Waals surface area contributed by atoms with E-state index in [0.717, 1.165) is 36.2 Å². The molecule has 0 unspecified atom stereocenters. The fourth-order valence-electron chi connectivity index (χ4n) is 2.56. The van der Waals surface area contributed by atoms with Crippen molar-refractivity contribution in [3.8, 4) is 5.75 Å². The van der Waals surface area contributed by atoms with Gasteiger partial charge in [-0.05, 0) is 55.9 Å². The van der Waals surface area contributed by atoms with Crippen molar-refractivity contribution in [3.63, 3.8) is 0 Å². The van der Waals surface area contributed by atoms with Gasteiger partial charge in [0.1, 0.15) is 5.75 Å². The van der Waals surface area contributed by atoms with Crippen LogP contribution in [-0.4, -0.2) is 18.7 Å². The highest BCUT2D eigenvalue weighted by molar-refractivity contribution is 9.10. The molecule has 1 aliphatic rings. The van der Waals surface area contributed by atoms with Gasteiger partial charge in [0.05, 0.1) is 6.61 Å². The molecule has 0 atom stereocenters. The Balaban J connectivity index is 2.13. The molecule has 112 valence electrons. The van der Waals surface area contributed by atoms with Gasteiger partial charge in [-0.2, -0.15) is 0 Å². The maximum absolute atomic E-state index is 5.83. The second-order valence-corrected chi connectivity index (χ2v) is 8.51. The molecule has 2 nitrogen and oxygen atoms in total. The molecule has 0 bridgehead atoms. The van der Waals surface area contributed by atoms with E-state index in [4.69, 9.17) is 4.74 Å². The highest BCUT2D eigenvalue weighted by Gasteiger charge is 2.25. The lowest BCUT2D eigenvalue weighted by Crippen LogP contribution is -2.42. The normalized spacial score (nSPS) is 15.1. The van der Waals surface area contributed by atoms with Crippen molar-refractivity contribution in [2.24, 2.45) is 5.41 Å². The number of benzene rings is 1. The summed E-state index contributed by atoms with van der Waals surface area (Å²) in [6.07, 6.45) is 2.06. The lowest BCUT2D eigenvalue weighted by molar-refractivity contribution is 0.283. The van der Waals surface area contributed by atoms with Crippen molar-refractivity contribution in [2.75, 3.05) is 13.2 Å². The molecule has 1 aliphatic heterocycles. The maximum Gasteiger partial charge on any atom is 0.125 e.